The third-order valence-electron chi connectivity index (χ3n) is 1.99. The summed E-state index contributed by atoms with van der Waals surface area (Å²) in [6.45, 7) is 0. The number of pyridine rings is 1. The maximum absolute atomic E-state index is 12.7. The van der Waals surface area contributed by atoms with Gasteiger partial charge in [-0.2, -0.15) is 13.2 Å². The average molecular weight is 276 g/mol. The van der Waals surface area contributed by atoms with E-state index in [-0.39, 0.29) is 0 Å². The predicted molar refractivity (Wildman–Crippen MR) is 50.3 cm³/mol. The van der Waals surface area contributed by atoms with Crippen LogP contribution in [0.15, 0.2) is 6.20 Å². The number of rotatable bonds is 3. The minimum absolute atomic E-state index is 0.541. The van der Waals surface area contributed by atoms with Crippen molar-refractivity contribution in [3.63, 3.8) is 0 Å². The second-order valence-electron chi connectivity index (χ2n) is 3.00. The van der Waals surface area contributed by atoms with Crippen molar-refractivity contribution >= 4 is 11.6 Å². The molecule has 1 heterocycles. The molecule has 8 heteroatoms. The van der Waals surface area contributed by atoms with E-state index in [1.54, 1.807) is 0 Å². The van der Waals surface area contributed by atoms with Gasteiger partial charge in [0.05, 0.1) is 24.2 Å². The van der Waals surface area contributed by atoms with Gasteiger partial charge >= 0.3 is 6.18 Å². The lowest BCUT2D eigenvalue weighted by molar-refractivity contribution is -0.139. The van der Waals surface area contributed by atoms with Crippen LogP contribution in [0.5, 0.6) is 5.75 Å². The first-order valence-corrected chi connectivity index (χ1v) is 4.83. The fourth-order valence-corrected chi connectivity index (χ4v) is 1.52. The summed E-state index contributed by atoms with van der Waals surface area (Å²) >= 11 is 5.29. The number of hydrogen-bond donors (Lipinski definition) is 0. The number of halogens is 6. The lowest BCUT2D eigenvalue weighted by atomic mass is 10.1. The molecule has 0 unspecified atom stereocenters. The van der Waals surface area contributed by atoms with E-state index in [9.17, 15) is 22.0 Å². The molecule has 0 saturated carbocycles. The van der Waals surface area contributed by atoms with Crippen molar-refractivity contribution < 1.29 is 26.7 Å². The maximum atomic E-state index is 12.7. The summed E-state index contributed by atoms with van der Waals surface area (Å²) in [5.41, 5.74) is -2.80. The normalized spacial score (nSPS) is 12.0. The Morgan fingerprint density at radius 1 is 1.41 bits per heavy atom. The van der Waals surface area contributed by atoms with Crippen LogP contribution in [0.4, 0.5) is 22.0 Å². The zero-order chi connectivity index (χ0) is 13.2. The second kappa shape index (κ2) is 5.03. The molecule has 0 bridgehead atoms. The number of hydrogen-bond acceptors (Lipinski definition) is 2. The summed E-state index contributed by atoms with van der Waals surface area (Å²) in [7, 11) is 0.883. The van der Waals surface area contributed by atoms with Gasteiger partial charge in [0.25, 0.3) is 6.43 Å². The number of alkyl halides is 6. The number of methoxy groups -OCH3 is 1. The van der Waals surface area contributed by atoms with Crippen molar-refractivity contribution in [3.8, 4) is 5.75 Å². The van der Waals surface area contributed by atoms with Crippen molar-refractivity contribution in [2.45, 2.75) is 18.5 Å². The van der Waals surface area contributed by atoms with Gasteiger partial charge in [-0.25, -0.2) is 8.78 Å². The van der Waals surface area contributed by atoms with Crippen molar-refractivity contribution in [1.82, 2.24) is 4.98 Å². The minimum Gasteiger partial charge on any atom is -0.495 e. The molecule has 17 heavy (non-hydrogen) atoms. The molecule has 0 aliphatic carbocycles. The molecule has 0 aliphatic heterocycles. The van der Waals surface area contributed by atoms with Crippen LogP contribution in [0, 0.1) is 0 Å². The van der Waals surface area contributed by atoms with Gasteiger partial charge in [0.15, 0.2) is 0 Å². The highest BCUT2D eigenvalue weighted by molar-refractivity contribution is 6.17. The van der Waals surface area contributed by atoms with E-state index >= 15 is 0 Å². The Bertz CT molecular complexity index is 407. The van der Waals surface area contributed by atoms with Crippen LogP contribution in [0.2, 0.25) is 0 Å². The molecule has 0 saturated heterocycles. The molecule has 0 N–H and O–H groups in total. The molecule has 1 aromatic heterocycles. The van der Waals surface area contributed by atoms with Gasteiger partial charge in [-0.3, -0.25) is 4.98 Å². The fraction of sp³-hybridized carbons (Fsp3) is 0.444. The van der Waals surface area contributed by atoms with Crippen molar-refractivity contribution in [1.29, 1.82) is 0 Å². The topological polar surface area (TPSA) is 22.1 Å². The van der Waals surface area contributed by atoms with Crippen LogP contribution < -0.4 is 4.74 Å². The summed E-state index contributed by atoms with van der Waals surface area (Å²) in [5.74, 6) is -1.48. The standard InChI is InChI=1S/C9H7ClF5NO/c1-17-7-4(8(11)12)3-16-5(2-10)6(7)9(13,14)15/h3,8H,2H2,1H3. The van der Waals surface area contributed by atoms with Crippen molar-refractivity contribution in [2.75, 3.05) is 7.11 Å². The van der Waals surface area contributed by atoms with Gasteiger partial charge < -0.3 is 4.74 Å². The highest BCUT2D eigenvalue weighted by Crippen LogP contribution is 2.42. The molecular weight excluding hydrogens is 269 g/mol. The van der Waals surface area contributed by atoms with Crippen molar-refractivity contribution in [3.05, 3.63) is 23.0 Å². The van der Waals surface area contributed by atoms with Gasteiger partial charge in [-0.05, 0) is 0 Å². The molecule has 0 amide bonds. The molecule has 0 radical (unpaired) electrons. The summed E-state index contributed by atoms with van der Waals surface area (Å²) in [6, 6.07) is 0. The first kappa shape index (κ1) is 14.0. The zero-order valence-corrected chi connectivity index (χ0v) is 9.24. The van der Waals surface area contributed by atoms with E-state index in [1.807, 2.05) is 0 Å². The Kier molecular flexibility index (Phi) is 4.13. The van der Waals surface area contributed by atoms with E-state index in [1.165, 1.54) is 0 Å². The van der Waals surface area contributed by atoms with Gasteiger partial charge in [-0.1, -0.05) is 0 Å². The molecule has 1 rings (SSSR count). The Balaban J connectivity index is 3.55. The van der Waals surface area contributed by atoms with Gasteiger partial charge in [0, 0.05) is 6.20 Å². The average Bonchev–Trinajstić information content (AvgIpc) is 2.25. The summed E-state index contributed by atoms with van der Waals surface area (Å²) in [4.78, 5) is 3.28. The lowest BCUT2D eigenvalue weighted by Crippen LogP contribution is -2.14. The maximum Gasteiger partial charge on any atom is 0.421 e. The van der Waals surface area contributed by atoms with Gasteiger partial charge in [-0.15, -0.1) is 11.6 Å². The third-order valence-corrected chi connectivity index (χ3v) is 2.24. The highest BCUT2D eigenvalue weighted by Gasteiger charge is 2.39. The Morgan fingerprint density at radius 3 is 2.35 bits per heavy atom. The SMILES string of the molecule is COc1c(C(F)F)cnc(CCl)c1C(F)(F)F. The second-order valence-corrected chi connectivity index (χ2v) is 3.27. The van der Waals surface area contributed by atoms with Gasteiger partial charge in [0.2, 0.25) is 0 Å². The largest absolute Gasteiger partial charge is 0.495 e. The molecule has 0 atom stereocenters. The van der Waals surface area contributed by atoms with Gasteiger partial charge in [0.1, 0.15) is 11.3 Å². The molecule has 1 aromatic rings. The fourth-order valence-electron chi connectivity index (χ4n) is 1.32. The van der Waals surface area contributed by atoms with Crippen LogP contribution in [-0.2, 0) is 12.1 Å². The Labute approximate surface area is 98.4 Å². The summed E-state index contributed by atoms with van der Waals surface area (Å²) < 4.78 is 67.5. The van der Waals surface area contributed by atoms with Crippen LogP contribution in [-0.4, -0.2) is 12.1 Å². The van der Waals surface area contributed by atoms with Crippen molar-refractivity contribution in [2.24, 2.45) is 0 Å². The van der Waals surface area contributed by atoms with E-state index < -0.39 is 41.1 Å². The van der Waals surface area contributed by atoms with E-state index in [2.05, 4.69) is 9.72 Å². The van der Waals surface area contributed by atoms with Crippen LogP contribution >= 0.6 is 11.6 Å². The highest BCUT2D eigenvalue weighted by atomic mass is 35.5. The monoisotopic (exact) mass is 275 g/mol. The van der Waals surface area contributed by atoms with E-state index in [4.69, 9.17) is 11.6 Å². The van der Waals surface area contributed by atoms with Crippen LogP contribution in [0.1, 0.15) is 23.2 Å². The smallest absolute Gasteiger partial charge is 0.421 e. The molecule has 2 nitrogen and oxygen atoms in total. The number of ether oxygens (including phenoxy) is 1. The molecular formula is C9H7ClF5NO. The number of nitrogens with zero attached hydrogens (tertiary/aromatic N) is 1. The summed E-state index contributed by atoms with van der Waals surface area (Å²) in [6.07, 6.45) is -7.33. The molecule has 0 fully saturated rings. The zero-order valence-electron chi connectivity index (χ0n) is 8.49. The van der Waals surface area contributed by atoms with Crippen LogP contribution in [0.25, 0.3) is 0 Å². The predicted octanol–water partition coefficient (Wildman–Crippen LogP) is 3.79. The first-order chi connectivity index (χ1) is 7.82. The molecule has 96 valence electrons. The molecule has 0 aliphatic rings. The van der Waals surface area contributed by atoms with E-state index in [0.717, 1.165) is 7.11 Å². The number of aromatic nitrogens is 1. The Hall–Kier alpha value is -1.11. The Morgan fingerprint density at radius 2 is 2.00 bits per heavy atom. The summed E-state index contributed by atoms with van der Waals surface area (Å²) in [5, 5.41) is 0. The minimum atomic E-state index is -4.85. The van der Waals surface area contributed by atoms with Crippen LogP contribution in [0.3, 0.4) is 0 Å². The lowest BCUT2D eigenvalue weighted by Gasteiger charge is -2.17. The third kappa shape index (κ3) is 2.77. The molecule has 0 spiro atoms. The van der Waals surface area contributed by atoms with E-state index in [0.29, 0.717) is 6.20 Å². The first-order valence-electron chi connectivity index (χ1n) is 4.30. The molecule has 0 aromatic carbocycles. The quantitative estimate of drug-likeness (QED) is 0.618.